The van der Waals surface area contributed by atoms with E-state index in [9.17, 15) is 13.2 Å². The topological polar surface area (TPSA) is 102 Å². The van der Waals surface area contributed by atoms with Crippen LogP contribution >= 0.6 is 0 Å². The Morgan fingerprint density at radius 3 is 2.57 bits per heavy atom. The van der Waals surface area contributed by atoms with Crippen LogP contribution in [-0.2, 0) is 21.4 Å². The van der Waals surface area contributed by atoms with Gasteiger partial charge in [0, 0.05) is 29.6 Å². The zero-order valence-electron chi connectivity index (χ0n) is 11.7. The molecule has 0 saturated carbocycles. The molecular formula is C14H18N2O4S. The summed E-state index contributed by atoms with van der Waals surface area (Å²) in [4.78, 5) is 10.7. The second-order valence-electron chi connectivity index (χ2n) is 4.98. The molecule has 0 saturated heterocycles. The Kier molecular flexibility index (Phi) is 4.34. The molecule has 2 rings (SSSR count). The number of carboxylic acids is 1. The molecule has 0 atom stereocenters. The van der Waals surface area contributed by atoms with Gasteiger partial charge in [0.25, 0.3) is 0 Å². The average Bonchev–Trinajstić information content (AvgIpc) is 2.66. The summed E-state index contributed by atoms with van der Waals surface area (Å²) in [7, 11) is -3.80. The van der Waals surface area contributed by atoms with Crippen LogP contribution in [0.3, 0.4) is 0 Å². The first kappa shape index (κ1) is 15.5. The Balaban J connectivity index is 2.40. The lowest BCUT2D eigenvalue weighted by molar-refractivity contribution is -0.137. The first-order valence-corrected chi connectivity index (χ1v) is 8.19. The third-order valence-corrected chi connectivity index (χ3v) is 4.56. The highest BCUT2D eigenvalue weighted by Crippen LogP contribution is 2.29. The molecule has 0 unspecified atom stereocenters. The Labute approximate surface area is 123 Å². The van der Waals surface area contributed by atoms with Crippen LogP contribution in [-0.4, -0.2) is 24.1 Å². The third kappa shape index (κ3) is 3.25. The lowest BCUT2D eigenvalue weighted by Crippen LogP contribution is -2.13. The lowest BCUT2D eigenvalue weighted by atomic mass is 10.2. The minimum absolute atomic E-state index is 0.111. The molecule has 1 aromatic heterocycles. The maximum atomic E-state index is 11.8. The van der Waals surface area contributed by atoms with Crippen molar-refractivity contribution in [3.8, 4) is 0 Å². The number of aromatic nitrogens is 1. The second-order valence-corrected chi connectivity index (χ2v) is 6.48. The molecule has 2 aromatic rings. The van der Waals surface area contributed by atoms with Gasteiger partial charge in [-0.15, -0.1) is 0 Å². The molecule has 7 heteroatoms. The summed E-state index contributed by atoms with van der Waals surface area (Å²) in [5.74, 6) is -0.825. The predicted octanol–water partition coefficient (Wildman–Crippen LogP) is 1.85. The molecule has 1 heterocycles. The van der Waals surface area contributed by atoms with E-state index in [0.29, 0.717) is 30.5 Å². The van der Waals surface area contributed by atoms with E-state index in [2.05, 4.69) is 0 Å². The molecule has 0 aliphatic heterocycles. The average molecular weight is 310 g/mol. The lowest BCUT2D eigenvalue weighted by Gasteiger charge is -2.07. The highest BCUT2D eigenvalue weighted by molar-refractivity contribution is 7.89. The Bertz CT molecular complexity index is 778. The summed E-state index contributed by atoms with van der Waals surface area (Å²) in [6.07, 6.45) is 1.32. The predicted molar refractivity (Wildman–Crippen MR) is 79.5 cm³/mol. The van der Waals surface area contributed by atoms with E-state index in [4.69, 9.17) is 10.2 Å². The summed E-state index contributed by atoms with van der Waals surface area (Å²) in [5.41, 5.74) is 1.39. The summed E-state index contributed by atoms with van der Waals surface area (Å²) >= 11 is 0. The number of rotatable bonds is 6. The normalized spacial score (nSPS) is 11.9. The molecular weight excluding hydrogens is 292 g/mol. The number of benzene rings is 1. The first-order chi connectivity index (χ1) is 9.82. The molecule has 0 aliphatic carbocycles. The number of para-hydroxylation sites is 1. The number of fused-ring (bicyclic) bond motifs is 1. The SMILES string of the molecule is Cc1c(S(N)(=O)=O)c2ccccc2n1CCCCC(=O)O. The third-order valence-electron chi connectivity index (χ3n) is 3.48. The van der Waals surface area contributed by atoms with E-state index in [0.717, 1.165) is 5.52 Å². The number of aliphatic carboxylic acids is 1. The van der Waals surface area contributed by atoms with Gasteiger partial charge in [0.1, 0.15) is 4.90 Å². The van der Waals surface area contributed by atoms with Crippen molar-refractivity contribution >= 4 is 26.9 Å². The van der Waals surface area contributed by atoms with Crippen LogP contribution in [0.2, 0.25) is 0 Å². The highest BCUT2D eigenvalue weighted by Gasteiger charge is 2.21. The van der Waals surface area contributed by atoms with E-state index < -0.39 is 16.0 Å². The van der Waals surface area contributed by atoms with Crippen molar-refractivity contribution in [3.05, 3.63) is 30.0 Å². The van der Waals surface area contributed by atoms with Crippen LogP contribution < -0.4 is 5.14 Å². The number of nitrogens with two attached hydrogens (primary N) is 1. The molecule has 0 radical (unpaired) electrons. The number of aryl methyl sites for hydroxylation is 1. The number of unbranched alkanes of at least 4 members (excludes halogenated alkanes) is 1. The van der Waals surface area contributed by atoms with Crippen LogP contribution in [0, 0.1) is 6.92 Å². The molecule has 0 amide bonds. The quantitative estimate of drug-likeness (QED) is 0.795. The number of nitrogens with zero attached hydrogens (tertiary/aromatic N) is 1. The van der Waals surface area contributed by atoms with Crippen LogP contribution in [0.5, 0.6) is 0 Å². The van der Waals surface area contributed by atoms with Crippen molar-refractivity contribution < 1.29 is 18.3 Å². The van der Waals surface area contributed by atoms with Gasteiger partial charge in [-0.25, -0.2) is 13.6 Å². The van der Waals surface area contributed by atoms with E-state index in [1.165, 1.54) is 0 Å². The zero-order valence-corrected chi connectivity index (χ0v) is 12.6. The van der Waals surface area contributed by atoms with Gasteiger partial charge in [0.2, 0.25) is 10.0 Å². The standard InChI is InChI=1S/C14H18N2O4S/c1-10-14(21(15,19)20)11-6-2-3-7-12(11)16(10)9-5-4-8-13(17)18/h2-3,6-7H,4-5,8-9H2,1H3,(H,17,18)(H2,15,19,20). The van der Waals surface area contributed by atoms with E-state index in [1.54, 1.807) is 19.1 Å². The maximum absolute atomic E-state index is 11.8. The second kappa shape index (κ2) is 5.87. The molecule has 21 heavy (non-hydrogen) atoms. The van der Waals surface area contributed by atoms with Crippen molar-refractivity contribution in [2.75, 3.05) is 0 Å². The maximum Gasteiger partial charge on any atom is 0.303 e. The van der Waals surface area contributed by atoms with Gasteiger partial charge in [0.05, 0.1) is 0 Å². The van der Waals surface area contributed by atoms with Crippen molar-refractivity contribution in [1.82, 2.24) is 4.57 Å². The Morgan fingerprint density at radius 2 is 1.95 bits per heavy atom. The van der Waals surface area contributed by atoms with Gasteiger partial charge in [-0.2, -0.15) is 0 Å². The number of primary sulfonamides is 1. The van der Waals surface area contributed by atoms with E-state index in [1.807, 2.05) is 16.7 Å². The summed E-state index contributed by atoms with van der Waals surface area (Å²) in [6, 6.07) is 7.18. The van der Waals surface area contributed by atoms with E-state index in [-0.39, 0.29) is 11.3 Å². The van der Waals surface area contributed by atoms with Crippen LogP contribution in [0.15, 0.2) is 29.2 Å². The van der Waals surface area contributed by atoms with Crippen LogP contribution in [0.25, 0.3) is 10.9 Å². The molecule has 0 fully saturated rings. The van der Waals surface area contributed by atoms with Crippen molar-refractivity contribution in [3.63, 3.8) is 0 Å². The number of carbonyl (C=O) groups is 1. The van der Waals surface area contributed by atoms with Gasteiger partial charge < -0.3 is 9.67 Å². The summed E-state index contributed by atoms with van der Waals surface area (Å²) in [5, 5.41) is 14.6. The summed E-state index contributed by atoms with van der Waals surface area (Å²) in [6.45, 7) is 2.28. The molecule has 1 aromatic carbocycles. The fraction of sp³-hybridized carbons (Fsp3) is 0.357. The number of hydrogen-bond acceptors (Lipinski definition) is 3. The smallest absolute Gasteiger partial charge is 0.303 e. The number of hydrogen-bond donors (Lipinski definition) is 2. The molecule has 0 bridgehead atoms. The van der Waals surface area contributed by atoms with Gasteiger partial charge in [-0.1, -0.05) is 18.2 Å². The number of sulfonamides is 1. The minimum atomic E-state index is -3.80. The Hall–Kier alpha value is -1.86. The van der Waals surface area contributed by atoms with Gasteiger partial charge in [-0.3, -0.25) is 4.79 Å². The first-order valence-electron chi connectivity index (χ1n) is 6.65. The molecule has 6 nitrogen and oxygen atoms in total. The van der Waals surface area contributed by atoms with Crippen molar-refractivity contribution in [2.45, 2.75) is 37.6 Å². The van der Waals surface area contributed by atoms with Crippen molar-refractivity contribution in [1.29, 1.82) is 0 Å². The zero-order chi connectivity index (χ0) is 15.6. The largest absolute Gasteiger partial charge is 0.481 e. The van der Waals surface area contributed by atoms with Crippen LogP contribution in [0.1, 0.15) is 25.0 Å². The molecule has 0 aliphatic rings. The number of carboxylic acid groups (broad SMARTS) is 1. The molecule has 0 spiro atoms. The monoisotopic (exact) mass is 310 g/mol. The van der Waals surface area contributed by atoms with Crippen molar-refractivity contribution in [2.24, 2.45) is 5.14 Å². The van der Waals surface area contributed by atoms with Gasteiger partial charge in [0.15, 0.2) is 0 Å². The summed E-state index contributed by atoms with van der Waals surface area (Å²) < 4.78 is 25.5. The van der Waals surface area contributed by atoms with Gasteiger partial charge in [-0.05, 0) is 25.8 Å². The fourth-order valence-electron chi connectivity index (χ4n) is 2.59. The van der Waals surface area contributed by atoms with E-state index >= 15 is 0 Å². The minimum Gasteiger partial charge on any atom is -0.481 e. The highest BCUT2D eigenvalue weighted by atomic mass is 32.2. The Morgan fingerprint density at radius 1 is 1.29 bits per heavy atom. The molecule has 114 valence electrons. The van der Waals surface area contributed by atoms with Gasteiger partial charge >= 0.3 is 5.97 Å². The van der Waals surface area contributed by atoms with Crippen LogP contribution in [0.4, 0.5) is 0 Å². The molecule has 3 N–H and O–H groups in total. The fourth-order valence-corrected chi connectivity index (χ4v) is 3.59.